The van der Waals surface area contributed by atoms with Crippen LogP contribution in [0.4, 0.5) is 0 Å². The highest BCUT2D eigenvalue weighted by atomic mass is 16.7. The fraction of sp³-hybridized carbons (Fsp3) is 0.238. The highest BCUT2D eigenvalue weighted by Crippen LogP contribution is 2.36. The number of carbonyl (C=O) groups is 1. The number of carbonyl (C=O) groups excluding carboxylic acids is 1. The van der Waals surface area contributed by atoms with E-state index in [1.807, 2.05) is 62.4 Å². The van der Waals surface area contributed by atoms with Gasteiger partial charge >= 0.3 is 0 Å². The fourth-order valence-corrected chi connectivity index (χ4v) is 2.97. The SMILES string of the molecule is CC[C@@H](C)NC(=O)c1cc(-c2ccc3c(c2)OCO3)nc2ccccc12. The van der Waals surface area contributed by atoms with Crippen molar-refractivity contribution in [1.82, 2.24) is 10.3 Å². The number of ether oxygens (including phenoxy) is 2. The summed E-state index contributed by atoms with van der Waals surface area (Å²) in [7, 11) is 0. The maximum absolute atomic E-state index is 12.8. The average molecular weight is 348 g/mol. The van der Waals surface area contributed by atoms with Crippen LogP contribution in [0.2, 0.25) is 0 Å². The molecule has 0 radical (unpaired) electrons. The minimum Gasteiger partial charge on any atom is -0.454 e. The summed E-state index contributed by atoms with van der Waals surface area (Å²) < 4.78 is 10.8. The van der Waals surface area contributed by atoms with Gasteiger partial charge in [-0.3, -0.25) is 4.79 Å². The Morgan fingerprint density at radius 3 is 2.81 bits per heavy atom. The van der Waals surface area contributed by atoms with E-state index in [2.05, 4.69) is 5.32 Å². The van der Waals surface area contributed by atoms with Crippen LogP contribution in [0.3, 0.4) is 0 Å². The van der Waals surface area contributed by atoms with Crippen LogP contribution in [0, 0.1) is 0 Å². The van der Waals surface area contributed by atoms with E-state index in [1.165, 1.54) is 0 Å². The van der Waals surface area contributed by atoms with Gasteiger partial charge in [-0.15, -0.1) is 0 Å². The van der Waals surface area contributed by atoms with Crippen molar-refractivity contribution >= 4 is 16.8 Å². The fourth-order valence-electron chi connectivity index (χ4n) is 2.97. The van der Waals surface area contributed by atoms with Gasteiger partial charge in [-0.1, -0.05) is 25.1 Å². The van der Waals surface area contributed by atoms with Crippen LogP contribution < -0.4 is 14.8 Å². The number of hydrogen-bond acceptors (Lipinski definition) is 4. The molecule has 1 atom stereocenters. The summed E-state index contributed by atoms with van der Waals surface area (Å²) in [4.78, 5) is 17.6. The molecule has 5 nitrogen and oxygen atoms in total. The highest BCUT2D eigenvalue weighted by Gasteiger charge is 2.18. The molecule has 1 aliphatic rings. The van der Waals surface area contributed by atoms with Crippen LogP contribution in [-0.4, -0.2) is 23.7 Å². The monoisotopic (exact) mass is 348 g/mol. The summed E-state index contributed by atoms with van der Waals surface area (Å²) >= 11 is 0. The number of amides is 1. The Labute approximate surface area is 152 Å². The second-order valence-electron chi connectivity index (χ2n) is 6.42. The summed E-state index contributed by atoms with van der Waals surface area (Å²) in [6, 6.07) is 15.4. The molecule has 132 valence electrons. The number of pyridine rings is 1. The Hall–Kier alpha value is -3.08. The Bertz CT molecular complexity index is 984. The number of nitrogens with zero attached hydrogens (tertiary/aromatic N) is 1. The predicted molar refractivity (Wildman–Crippen MR) is 101 cm³/mol. The number of aromatic nitrogens is 1. The van der Waals surface area contributed by atoms with E-state index in [0.717, 1.165) is 34.3 Å². The maximum atomic E-state index is 12.8. The van der Waals surface area contributed by atoms with Gasteiger partial charge in [0.05, 0.1) is 16.8 Å². The number of nitrogens with one attached hydrogen (secondary N) is 1. The first-order valence-electron chi connectivity index (χ1n) is 8.76. The van der Waals surface area contributed by atoms with E-state index in [1.54, 1.807) is 0 Å². The lowest BCUT2D eigenvalue weighted by Crippen LogP contribution is -2.32. The molecule has 0 saturated heterocycles. The lowest BCUT2D eigenvalue weighted by Gasteiger charge is -2.14. The largest absolute Gasteiger partial charge is 0.454 e. The quantitative estimate of drug-likeness (QED) is 0.769. The molecule has 1 amide bonds. The molecule has 4 rings (SSSR count). The van der Waals surface area contributed by atoms with Crippen molar-refractivity contribution in [3.05, 3.63) is 54.1 Å². The molecule has 0 bridgehead atoms. The van der Waals surface area contributed by atoms with Gasteiger partial charge in [-0.25, -0.2) is 4.98 Å². The number of benzene rings is 2. The third-order valence-electron chi connectivity index (χ3n) is 4.62. The first-order valence-corrected chi connectivity index (χ1v) is 8.76. The van der Waals surface area contributed by atoms with Crippen LogP contribution in [0.15, 0.2) is 48.5 Å². The molecular weight excluding hydrogens is 328 g/mol. The molecule has 1 aromatic heterocycles. The minimum atomic E-state index is -0.0834. The molecule has 2 aromatic carbocycles. The van der Waals surface area contributed by atoms with E-state index in [4.69, 9.17) is 14.5 Å². The molecule has 1 N–H and O–H groups in total. The molecule has 0 aliphatic carbocycles. The van der Waals surface area contributed by atoms with Crippen molar-refractivity contribution < 1.29 is 14.3 Å². The number of rotatable bonds is 4. The van der Waals surface area contributed by atoms with E-state index in [-0.39, 0.29) is 18.7 Å². The van der Waals surface area contributed by atoms with Crippen LogP contribution in [-0.2, 0) is 0 Å². The molecule has 1 aliphatic heterocycles. The molecule has 0 unspecified atom stereocenters. The summed E-state index contributed by atoms with van der Waals surface area (Å²) in [6.07, 6.45) is 0.879. The molecule has 3 aromatic rings. The standard InChI is InChI=1S/C21H20N2O3/c1-3-13(2)22-21(24)16-11-18(23-17-7-5-4-6-15(16)17)14-8-9-19-20(10-14)26-12-25-19/h4-11,13H,3,12H2,1-2H3,(H,22,24)/t13-/m1/s1. The second-order valence-corrected chi connectivity index (χ2v) is 6.42. The topological polar surface area (TPSA) is 60.5 Å². The van der Waals surface area contributed by atoms with Crippen LogP contribution in [0.1, 0.15) is 30.6 Å². The van der Waals surface area contributed by atoms with Gasteiger partial charge in [0.2, 0.25) is 6.79 Å². The minimum absolute atomic E-state index is 0.0834. The summed E-state index contributed by atoms with van der Waals surface area (Å²) in [5.74, 6) is 1.34. The third-order valence-corrected chi connectivity index (χ3v) is 4.62. The molecule has 0 saturated carbocycles. The first-order chi connectivity index (χ1) is 12.7. The van der Waals surface area contributed by atoms with Gasteiger partial charge in [0.25, 0.3) is 5.91 Å². The van der Waals surface area contributed by atoms with Crippen molar-refractivity contribution in [3.63, 3.8) is 0 Å². The smallest absolute Gasteiger partial charge is 0.252 e. The van der Waals surface area contributed by atoms with Crippen LogP contribution >= 0.6 is 0 Å². The summed E-state index contributed by atoms with van der Waals surface area (Å²) in [5.41, 5.74) is 3.04. The van der Waals surface area contributed by atoms with Gasteiger partial charge in [-0.05, 0) is 43.7 Å². The zero-order valence-corrected chi connectivity index (χ0v) is 14.8. The molecule has 5 heteroatoms. The number of fused-ring (bicyclic) bond motifs is 2. The third kappa shape index (κ3) is 2.96. The summed E-state index contributed by atoms with van der Waals surface area (Å²) in [5, 5.41) is 3.89. The molecule has 0 fully saturated rings. The van der Waals surface area contributed by atoms with E-state index < -0.39 is 0 Å². The number of para-hydroxylation sites is 1. The average Bonchev–Trinajstić information content (AvgIpc) is 3.14. The van der Waals surface area contributed by atoms with Crippen molar-refractivity contribution in [2.75, 3.05) is 6.79 Å². The van der Waals surface area contributed by atoms with Crippen molar-refractivity contribution in [3.8, 4) is 22.8 Å². The van der Waals surface area contributed by atoms with E-state index in [0.29, 0.717) is 11.3 Å². The second kappa shape index (κ2) is 6.67. The van der Waals surface area contributed by atoms with Crippen molar-refractivity contribution in [1.29, 1.82) is 0 Å². The molecule has 0 spiro atoms. The Morgan fingerprint density at radius 2 is 1.96 bits per heavy atom. The normalized spacial score (nSPS) is 13.6. The summed E-state index contributed by atoms with van der Waals surface area (Å²) in [6.45, 7) is 4.28. The van der Waals surface area contributed by atoms with Gasteiger partial charge in [-0.2, -0.15) is 0 Å². The predicted octanol–water partition coefficient (Wildman–Crippen LogP) is 4.16. The highest BCUT2D eigenvalue weighted by molar-refractivity contribution is 6.07. The van der Waals surface area contributed by atoms with E-state index >= 15 is 0 Å². The van der Waals surface area contributed by atoms with Gasteiger partial charge in [0.1, 0.15) is 0 Å². The van der Waals surface area contributed by atoms with Gasteiger partial charge < -0.3 is 14.8 Å². The maximum Gasteiger partial charge on any atom is 0.252 e. The van der Waals surface area contributed by atoms with Crippen LogP contribution in [0.25, 0.3) is 22.2 Å². The molecule has 2 heterocycles. The molecular formula is C21H20N2O3. The zero-order chi connectivity index (χ0) is 18.1. The Balaban J connectivity index is 1.82. The van der Waals surface area contributed by atoms with Crippen molar-refractivity contribution in [2.45, 2.75) is 26.3 Å². The Kier molecular flexibility index (Phi) is 4.21. The zero-order valence-electron chi connectivity index (χ0n) is 14.8. The van der Waals surface area contributed by atoms with Gasteiger partial charge in [0.15, 0.2) is 11.5 Å². The van der Waals surface area contributed by atoms with Crippen molar-refractivity contribution in [2.24, 2.45) is 0 Å². The lowest BCUT2D eigenvalue weighted by atomic mass is 10.0. The van der Waals surface area contributed by atoms with Gasteiger partial charge in [0, 0.05) is 17.0 Å². The van der Waals surface area contributed by atoms with Crippen LogP contribution in [0.5, 0.6) is 11.5 Å². The first kappa shape index (κ1) is 16.4. The number of hydrogen-bond donors (Lipinski definition) is 1. The Morgan fingerprint density at radius 1 is 1.15 bits per heavy atom. The van der Waals surface area contributed by atoms with E-state index in [9.17, 15) is 4.79 Å². The lowest BCUT2D eigenvalue weighted by molar-refractivity contribution is 0.0941. The molecule has 26 heavy (non-hydrogen) atoms.